The number of aliphatic hydroxyl groups excluding tert-OH is 1. The Labute approximate surface area is 120 Å². The fourth-order valence-electron chi connectivity index (χ4n) is 1.70. The van der Waals surface area contributed by atoms with Gasteiger partial charge in [0.15, 0.2) is 0 Å². The molecule has 20 heavy (non-hydrogen) atoms. The summed E-state index contributed by atoms with van der Waals surface area (Å²) in [7, 11) is 1.26. The molecule has 0 saturated carbocycles. The quantitative estimate of drug-likeness (QED) is 0.388. The van der Waals surface area contributed by atoms with Crippen LogP contribution in [0.4, 0.5) is 0 Å². The van der Waals surface area contributed by atoms with E-state index in [1.54, 1.807) is 12.1 Å². The Morgan fingerprint density at radius 3 is 2.80 bits per heavy atom. The van der Waals surface area contributed by atoms with E-state index in [1.807, 2.05) is 12.1 Å². The molecule has 0 aliphatic carbocycles. The lowest BCUT2D eigenvalue weighted by Crippen LogP contribution is -2.13. The molecule has 0 bridgehead atoms. The van der Waals surface area contributed by atoms with Gasteiger partial charge in [0.2, 0.25) is 0 Å². The zero-order valence-corrected chi connectivity index (χ0v) is 12.0. The summed E-state index contributed by atoms with van der Waals surface area (Å²) in [6.07, 6.45) is 1.86. The molecule has 0 amide bonds. The highest BCUT2D eigenvalue weighted by molar-refractivity contribution is 5.89. The van der Waals surface area contributed by atoms with Gasteiger partial charge >= 0.3 is 5.97 Å². The number of rotatable bonds is 5. The van der Waals surface area contributed by atoms with Crippen LogP contribution in [-0.4, -0.2) is 18.2 Å². The maximum absolute atomic E-state index is 11.4. The van der Waals surface area contributed by atoms with Crippen molar-refractivity contribution in [1.82, 2.24) is 0 Å². The lowest BCUT2D eigenvalue weighted by molar-refractivity contribution is -0.137. The van der Waals surface area contributed by atoms with E-state index < -0.39 is 12.1 Å². The highest BCUT2D eigenvalue weighted by Gasteiger charge is 2.20. The highest BCUT2D eigenvalue weighted by Crippen LogP contribution is 2.24. The monoisotopic (exact) mass is 272 g/mol. The molecule has 0 aliphatic heterocycles. The van der Waals surface area contributed by atoms with Crippen molar-refractivity contribution in [1.29, 1.82) is 0 Å². The molecule has 0 spiro atoms. The van der Waals surface area contributed by atoms with Gasteiger partial charge in [-0.3, -0.25) is 0 Å². The number of esters is 1. The molecular formula is C17H20O3. The van der Waals surface area contributed by atoms with Crippen molar-refractivity contribution in [2.75, 3.05) is 7.11 Å². The summed E-state index contributed by atoms with van der Waals surface area (Å²) < 4.78 is 4.57. The van der Waals surface area contributed by atoms with Crippen molar-refractivity contribution in [3.05, 3.63) is 47.5 Å². The van der Waals surface area contributed by atoms with Gasteiger partial charge in [-0.05, 0) is 12.5 Å². The van der Waals surface area contributed by atoms with Crippen molar-refractivity contribution in [2.45, 2.75) is 32.3 Å². The van der Waals surface area contributed by atoms with Crippen LogP contribution in [0.15, 0.2) is 36.4 Å². The summed E-state index contributed by atoms with van der Waals surface area (Å²) in [6, 6.07) is 7.20. The number of ether oxygens (including phenoxy) is 1. The predicted molar refractivity (Wildman–Crippen MR) is 79.0 cm³/mol. The van der Waals surface area contributed by atoms with Gasteiger partial charge in [-0.15, -0.1) is 0 Å². The van der Waals surface area contributed by atoms with Crippen LogP contribution < -0.4 is 0 Å². The number of benzene rings is 1. The van der Waals surface area contributed by atoms with Crippen LogP contribution in [0.2, 0.25) is 0 Å². The molecule has 0 radical (unpaired) electrons. The first kappa shape index (κ1) is 16.0. The minimum absolute atomic E-state index is 0.00954. The normalized spacial score (nSPS) is 11.2. The summed E-state index contributed by atoms with van der Waals surface area (Å²) in [5, 5.41) is 10.2. The molecule has 0 aliphatic rings. The SMILES string of the molecule is C=C(C(=O)OC)C(O)c1ccccc1C#CCCCC. The van der Waals surface area contributed by atoms with Gasteiger partial charge in [-0.1, -0.05) is 50.0 Å². The summed E-state index contributed by atoms with van der Waals surface area (Å²) in [5.74, 6) is 5.49. The van der Waals surface area contributed by atoms with E-state index in [0.29, 0.717) is 11.1 Å². The van der Waals surface area contributed by atoms with Gasteiger partial charge in [0.05, 0.1) is 12.7 Å². The maximum Gasteiger partial charge on any atom is 0.336 e. The van der Waals surface area contributed by atoms with Gasteiger partial charge in [0, 0.05) is 17.5 Å². The maximum atomic E-state index is 11.4. The van der Waals surface area contributed by atoms with E-state index in [2.05, 4.69) is 30.1 Å². The average Bonchev–Trinajstić information content (AvgIpc) is 2.49. The first-order valence-electron chi connectivity index (χ1n) is 6.64. The Morgan fingerprint density at radius 2 is 2.15 bits per heavy atom. The molecule has 3 heteroatoms. The van der Waals surface area contributed by atoms with Crippen LogP contribution in [0.5, 0.6) is 0 Å². The Morgan fingerprint density at radius 1 is 1.45 bits per heavy atom. The van der Waals surface area contributed by atoms with Gasteiger partial charge < -0.3 is 9.84 Å². The van der Waals surface area contributed by atoms with Crippen LogP contribution >= 0.6 is 0 Å². The van der Waals surface area contributed by atoms with Crippen molar-refractivity contribution in [3.63, 3.8) is 0 Å². The number of hydrogen-bond donors (Lipinski definition) is 1. The molecule has 106 valence electrons. The smallest absolute Gasteiger partial charge is 0.336 e. The number of carbonyl (C=O) groups is 1. The molecule has 0 aromatic heterocycles. The third kappa shape index (κ3) is 4.25. The Bertz CT molecular complexity index is 535. The molecule has 1 N–H and O–H groups in total. The third-order valence-electron chi connectivity index (χ3n) is 2.91. The van der Waals surface area contributed by atoms with Gasteiger partial charge in [0.25, 0.3) is 0 Å². The van der Waals surface area contributed by atoms with Crippen LogP contribution in [0.25, 0.3) is 0 Å². The van der Waals surface area contributed by atoms with Crippen LogP contribution in [-0.2, 0) is 9.53 Å². The fourth-order valence-corrected chi connectivity index (χ4v) is 1.70. The second-order valence-electron chi connectivity index (χ2n) is 4.41. The number of unbranched alkanes of at least 4 members (excludes halogenated alkanes) is 2. The minimum Gasteiger partial charge on any atom is -0.466 e. The molecule has 1 atom stereocenters. The van der Waals surface area contributed by atoms with Crippen molar-refractivity contribution in [2.24, 2.45) is 0 Å². The molecule has 0 saturated heterocycles. The molecule has 1 rings (SSSR count). The predicted octanol–water partition coefficient (Wildman–Crippen LogP) is 2.99. The Hall–Kier alpha value is -2.05. The Kier molecular flexibility index (Phi) is 6.55. The zero-order valence-electron chi connectivity index (χ0n) is 12.0. The molecule has 3 nitrogen and oxygen atoms in total. The molecular weight excluding hydrogens is 252 g/mol. The minimum atomic E-state index is -1.10. The third-order valence-corrected chi connectivity index (χ3v) is 2.91. The van der Waals surface area contributed by atoms with Crippen molar-refractivity contribution >= 4 is 5.97 Å². The summed E-state index contributed by atoms with van der Waals surface area (Å²) in [6.45, 7) is 5.69. The number of methoxy groups -OCH3 is 1. The molecule has 1 aromatic rings. The summed E-state index contributed by atoms with van der Waals surface area (Å²) >= 11 is 0. The zero-order chi connectivity index (χ0) is 15.0. The largest absolute Gasteiger partial charge is 0.466 e. The van der Waals surface area contributed by atoms with Crippen LogP contribution in [0, 0.1) is 11.8 Å². The lowest BCUT2D eigenvalue weighted by Gasteiger charge is -2.14. The van der Waals surface area contributed by atoms with E-state index in [0.717, 1.165) is 19.3 Å². The van der Waals surface area contributed by atoms with Gasteiger partial charge in [-0.25, -0.2) is 4.79 Å². The van der Waals surface area contributed by atoms with E-state index in [1.165, 1.54) is 7.11 Å². The lowest BCUT2D eigenvalue weighted by atomic mass is 9.97. The number of aliphatic hydroxyl groups is 1. The van der Waals surface area contributed by atoms with Crippen LogP contribution in [0.1, 0.15) is 43.4 Å². The fraction of sp³-hybridized carbons (Fsp3) is 0.353. The van der Waals surface area contributed by atoms with E-state index in [9.17, 15) is 9.90 Å². The van der Waals surface area contributed by atoms with Crippen molar-refractivity contribution < 1.29 is 14.6 Å². The second-order valence-corrected chi connectivity index (χ2v) is 4.41. The molecule has 1 aromatic carbocycles. The topological polar surface area (TPSA) is 46.5 Å². The number of hydrogen-bond acceptors (Lipinski definition) is 3. The molecule has 0 fully saturated rings. The standard InChI is InChI=1S/C17H20O3/c1-4-5-6-7-10-14-11-8-9-12-15(14)16(18)13(2)17(19)20-3/h8-9,11-12,16,18H,2,4-6H2,1,3H3. The van der Waals surface area contributed by atoms with Gasteiger partial charge in [-0.2, -0.15) is 0 Å². The first-order valence-corrected chi connectivity index (χ1v) is 6.64. The highest BCUT2D eigenvalue weighted by atomic mass is 16.5. The molecule has 1 unspecified atom stereocenters. The van der Waals surface area contributed by atoms with E-state index >= 15 is 0 Å². The number of carbonyl (C=O) groups excluding carboxylic acids is 1. The summed E-state index contributed by atoms with van der Waals surface area (Å²) in [5.41, 5.74) is 1.29. The molecule has 0 heterocycles. The van der Waals surface area contributed by atoms with Crippen molar-refractivity contribution in [3.8, 4) is 11.8 Å². The van der Waals surface area contributed by atoms with Crippen LogP contribution in [0.3, 0.4) is 0 Å². The van der Waals surface area contributed by atoms with E-state index in [4.69, 9.17) is 0 Å². The summed E-state index contributed by atoms with van der Waals surface area (Å²) in [4.78, 5) is 11.4. The Balaban J connectivity index is 2.97. The first-order chi connectivity index (χ1) is 9.61. The van der Waals surface area contributed by atoms with E-state index in [-0.39, 0.29) is 5.57 Å². The van der Waals surface area contributed by atoms with Gasteiger partial charge in [0.1, 0.15) is 6.10 Å². The second kappa shape index (κ2) is 8.19. The average molecular weight is 272 g/mol.